The number of ether oxygens (including phenoxy) is 2. The maximum atomic E-state index is 12.4. The summed E-state index contributed by atoms with van der Waals surface area (Å²) in [5.74, 6) is 0.979. The Bertz CT molecular complexity index is 1130. The van der Waals surface area contributed by atoms with E-state index in [4.69, 9.17) is 21.1 Å². The molecule has 1 amide bonds. The fourth-order valence-electron chi connectivity index (χ4n) is 3.34. The van der Waals surface area contributed by atoms with Crippen molar-refractivity contribution in [3.05, 3.63) is 92.9 Å². The second kappa shape index (κ2) is 13.2. The maximum absolute atomic E-state index is 12.4. The zero-order chi connectivity index (χ0) is 24.3. The Balaban J connectivity index is 1.67. The first-order valence-corrected chi connectivity index (χ1v) is 12.6. The van der Waals surface area contributed by atoms with E-state index in [0.29, 0.717) is 29.7 Å². The number of carbonyl (C=O) groups excluding carboxylic acids is 1. The molecule has 178 valence electrons. The molecule has 0 saturated heterocycles. The first-order chi connectivity index (χ1) is 16.5. The molecular weight excluding hydrogens is 514 g/mol. The van der Waals surface area contributed by atoms with Crippen molar-refractivity contribution in [3.8, 4) is 11.5 Å². The molecule has 0 aliphatic carbocycles. The van der Waals surface area contributed by atoms with Gasteiger partial charge in [-0.25, -0.2) is 0 Å². The number of amides is 1. The molecule has 1 N–H and O–H groups in total. The lowest BCUT2D eigenvalue weighted by Gasteiger charge is -2.15. The Labute approximate surface area is 215 Å². The van der Waals surface area contributed by atoms with E-state index in [2.05, 4.69) is 40.3 Å². The van der Waals surface area contributed by atoms with Gasteiger partial charge in [-0.15, -0.1) is 0 Å². The lowest BCUT2D eigenvalue weighted by molar-refractivity contribution is -0.111. The summed E-state index contributed by atoms with van der Waals surface area (Å²) in [6, 6.07) is 19.3. The summed E-state index contributed by atoms with van der Waals surface area (Å²) in [4.78, 5) is 12.4. The molecule has 0 fully saturated rings. The van der Waals surface area contributed by atoms with Crippen molar-refractivity contribution in [2.24, 2.45) is 0 Å². The van der Waals surface area contributed by atoms with Crippen molar-refractivity contribution in [1.29, 1.82) is 0 Å². The minimum Gasteiger partial charge on any atom is -0.490 e. The highest BCUT2D eigenvalue weighted by molar-refractivity contribution is 9.10. The van der Waals surface area contributed by atoms with E-state index in [1.165, 1.54) is 18.1 Å². The summed E-state index contributed by atoms with van der Waals surface area (Å²) in [5.41, 5.74) is 3.75. The molecule has 0 unspecified atom stereocenters. The first kappa shape index (κ1) is 25.9. The van der Waals surface area contributed by atoms with Crippen LogP contribution in [-0.2, 0) is 17.8 Å². The van der Waals surface area contributed by atoms with Crippen LogP contribution in [0.5, 0.6) is 11.5 Å². The van der Waals surface area contributed by atoms with Crippen LogP contribution in [0.25, 0.3) is 6.08 Å². The number of anilines is 1. The number of aryl methyl sites for hydroxylation is 1. The van der Waals surface area contributed by atoms with Crippen molar-refractivity contribution in [1.82, 2.24) is 0 Å². The summed E-state index contributed by atoms with van der Waals surface area (Å²) in [6.45, 7) is 4.89. The summed E-state index contributed by atoms with van der Waals surface area (Å²) in [5, 5.41) is 3.55. The van der Waals surface area contributed by atoms with Gasteiger partial charge in [-0.05, 0) is 83.2 Å². The van der Waals surface area contributed by atoms with E-state index in [0.717, 1.165) is 34.1 Å². The minimum atomic E-state index is -0.200. The average Bonchev–Trinajstić information content (AvgIpc) is 2.83. The van der Waals surface area contributed by atoms with Crippen LogP contribution in [0.15, 0.2) is 71.2 Å². The lowest BCUT2D eigenvalue weighted by Crippen LogP contribution is -2.07. The van der Waals surface area contributed by atoms with Crippen LogP contribution >= 0.6 is 27.5 Å². The Kier molecular flexibility index (Phi) is 10.0. The normalized spacial score (nSPS) is 10.9. The topological polar surface area (TPSA) is 47.6 Å². The largest absolute Gasteiger partial charge is 0.490 e. The van der Waals surface area contributed by atoms with Gasteiger partial charge in [-0.1, -0.05) is 55.3 Å². The van der Waals surface area contributed by atoms with Crippen LogP contribution in [0, 0.1) is 0 Å². The van der Waals surface area contributed by atoms with Gasteiger partial charge in [-0.2, -0.15) is 0 Å². The van der Waals surface area contributed by atoms with Crippen molar-refractivity contribution in [2.75, 3.05) is 11.9 Å². The summed E-state index contributed by atoms with van der Waals surface area (Å²) < 4.78 is 12.5. The molecule has 0 bridgehead atoms. The predicted octanol–water partition coefficient (Wildman–Crippen LogP) is 8.07. The molecule has 0 radical (unpaired) electrons. The number of unbranched alkanes of at least 4 members (excludes halogenated alkanes) is 1. The third-order valence-electron chi connectivity index (χ3n) is 5.13. The Hall–Kier alpha value is -2.76. The first-order valence-electron chi connectivity index (χ1n) is 11.4. The van der Waals surface area contributed by atoms with Gasteiger partial charge >= 0.3 is 0 Å². The average molecular weight is 543 g/mol. The number of rotatable bonds is 11. The van der Waals surface area contributed by atoms with E-state index in [1.54, 1.807) is 6.08 Å². The molecule has 0 aliphatic heterocycles. The summed E-state index contributed by atoms with van der Waals surface area (Å²) in [6.07, 6.45) is 6.64. The van der Waals surface area contributed by atoms with Crippen LogP contribution in [-0.4, -0.2) is 12.5 Å². The van der Waals surface area contributed by atoms with E-state index < -0.39 is 0 Å². The second-order valence-corrected chi connectivity index (χ2v) is 9.03. The van der Waals surface area contributed by atoms with Gasteiger partial charge in [0.2, 0.25) is 5.91 Å². The van der Waals surface area contributed by atoms with E-state index in [1.807, 2.05) is 55.5 Å². The third-order valence-corrected chi connectivity index (χ3v) is 6.09. The number of halogens is 2. The molecule has 0 spiro atoms. The Morgan fingerprint density at radius 2 is 1.82 bits per heavy atom. The molecule has 3 aromatic rings. The molecule has 0 saturated carbocycles. The second-order valence-electron chi connectivity index (χ2n) is 7.77. The fourth-order valence-corrected chi connectivity index (χ4v) is 4.11. The van der Waals surface area contributed by atoms with Crippen LogP contribution in [0.1, 0.15) is 43.4 Å². The predicted molar refractivity (Wildman–Crippen MR) is 144 cm³/mol. The fraction of sp³-hybridized carbons (Fsp3) is 0.250. The van der Waals surface area contributed by atoms with Crippen molar-refractivity contribution in [2.45, 2.75) is 39.7 Å². The zero-order valence-corrected chi connectivity index (χ0v) is 21.8. The number of hydrogen-bond acceptors (Lipinski definition) is 3. The molecule has 3 aromatic carbocycles. The Morgan fingerprint density at radius 3 is 2.53 bits per heavy atom. The molecular formula is C28H29BrClNO3. The summed E-state index contributed by atoms with van der Waals surface area (Å²) in [7, 11) is 0. The van der Waals surface area contributed by atoms with Gasteiger partial charge in [0.05, 0.1) is 11.1 Å². The van der Waals surface area contributed by atoms with Crippen LogP contribution in [0.3, 0.4) is 0 Å². The molecule has 0 aliphatic rings. The quantitative estimate of drug-likeness (QED) is 0.249. The standard InChI is InChI=1S/C28H29BrClNO3/c1-3-5-8-20-11-14-23(15-12-20)31-27(32)16-13-21-17-24(29)28(26(18-21)33-4-2)34-19-22-9-6-7-10-25(22)30/h6-7,9-18H,3-5,8,19H2,1-2H3,(H,31,32)/b16-13+. The monoisotopic (exact) mass is 541 g/mol. The van der Waals surface area contributed by atoms with Crippen LogP contribution < -0.4 is 14.8 Å². The molecule has 0 atom stereocenters. The number of nitrogens with one attached hydrogen (secondary N) is 1. The molecule has 34 heavy (non-hydrogen) atoms. The SMILES string of the molecule is CCCCc1ccc(NC(=O)/C=C/c2cc(Br)c(OCc3ccccc3Cl)c(OCC)c2)cc1. The van der Waals surface area contributed by atoms with Crippen molar-refractivity contribution < 1.29 is 14.3 Å². The highest BCUT2D eigenvalue weighted by Gasteiger charge is 2.13. The molecule has 4 nitrogen and oxygen atoms in total. The van der Waals surface area contributed by atoms with Crippen molar-refractivity contribution in [3.63, 3.8) is 0 Å². The van der Waals surface area contributed by atoms with Gasteiger partial charge in [0.1, 0.15) is 6.61 Å². The minimum absolute atomic E-state index is 0.200. The van der Waals surface area contributed by atoms with Gasteiger partial charge in [0.25, 0.3) is 0 Å². The molecule has 0 heterocycles. The van der Waals surface area contributed by atoms with Crippen LogP contribution in [0.2, 0.25) is 5.02 Å². The van der Waals surface area contributed by atoms with Gasteiger partial charge in [0, 0.05) is 22.3 Å². The molecule has 6 heteroatoms. The van der Waals surface area contributed by atoms with E-state index >= 15 is 0 Å². The highest BCUT2D eigenvalue weighted by atomic mass is 79.9. The van der Waals surface area contributed by atoms with Gasteiger partial charge in [0.15, 0.2) is 11.5 Å². The number of benzene rings is 3. The molecule has 0 aromatic heterocycles. The zero-order valence-electron chi connectivity index (χ0n) is 19.4. The Morgan fingerprint density at radius 1 is 1.06 bits per heavy atom. The van der Waals surface area contributed by atoms with Gasteiger partial charge in [-0.3, -0.25) is 4.79 Å². The van der Waals surface area contributed by atoms with Gasteiger partial charge < -0.3 is 14.8 Å². The van der Waals surface area contributed by atoms with E-state index in [9.17, 15) is 4.79 Å². The maximum Gasteiger partial charge on any atom is 0.248 e. The summed E-state index contributed by atoms with van der Waals surface area (Å²) >= 11 is 9.82. The van der Waals surface area contributed by atoms with Crippen LogP contribution in [0.4, 0.5) is 5.69 Å². The smallest absolute Gasteiger partial charge is 0.248 e. The highest BCUT2D eigenvalue weighted by Crippen LogP contribution is 2.38. The lowest BCUT2D eigenvalue weighted by atomic mass is 10.1. The number of hydrogen-bond donors (Lipinski definition) is 1. The van der Waals surface area contributed by atoms with Crippen molar-refractivity contribution >= 4 is 45.2 Å². The third kappa shape index (κ3) is 7.64. The molecule has 3 rings (SSSR count). The van der Waals surface area contributed by atoms with E-state index in [-0.39, 0.29) is 5.91 Å². The number of carbonyl (C=O) groups is 1.